The predicted molar refractivity (Wildman–Crippen MR) is 82.2 cm³/mol. The highest BCUT2D eigenvalue weighted by molar-refractivity contribution is 6.06. The number of amides is 1. The van der Waals surface area contributed by atoms with E-state index in [0.717, 1.165) is 0 Å². The van der Waals surface area contributed by atoms with Crippen LogP contribution in [0.4, 0.5) is 5.69 Å². The number of nitrogens with one attached hydrogen (secondary N) is 1. The Morgan fingerprint density at radius 3 is 2.43 bits per heavy atom. The summed E-state index contributed by atoms with van der Waals surface area (Å²) in [6, 6.07) is 13.6. The van der Waals surface area contributed by atoms with Crippen LogP contribution in [0.5, 0.6) is 5.75 Å². The number of benzene rings is 2. The SMILES string of the molecule is CC(=O)Nc1ccc(C=CC(=O)c2ccccc2)c(O)c1. The number of rotatable bonds is 4. The Balaban J connectivity index is 2.14. The molecule has 0 atom stereocenters. The molecule has 0 aliphatic rings. The zero-order valence-electron chi connectivity index (χ0n) is 11.5. The minimum atomic E-state index is -0.211. The van der Waals surface area contributed by atoms with Gasteiger partial charge < -0.3 is 10.4 Å². The van der Waals surface area contributed by atoms with E-state index >= 15 is 0 Å². The zero-order chi connectivity index (χ0) is 15.2. The van der Waals surface area contributed by atoms with Crippen LogP contribution in [0.3, 0.4) is 0 Å². The van der Waals surface area contributed by atoms with Crippen molar-refractivity contribution in [3.63, 3.8) is 0 Å². The molecule has 0 spiro atoms. The lowest BCUT2D eigenvalue weighted by atomic mass is 10.1. The van der Waals surface area contributed by atoms with E-state index < -0.39 is 0 Å². The van der Waals surface area contributed by atoms with E-state index in [-0.39, 0.29) is 17.4 Å². The first-order valence-electron chi connectivity index (χ1n) is 6.44. The van der Waals surface area contributed by atoms with E-state index in [1.54, 1.807) is 42.5 Å². The molecule has 0 aromatic heterocycles. The maximum Gasteiger partial charge on any atom is 0.221 e. The summed E-state index contributed by atoms with van der Waals surface area (Å²) >= 11 is 0. The number of hydrogen-bond acceptors (Lipinski definition) is 3. The molecule has 2 aromatic carbocycles. The fourth-order valence-electron chi connectivity index (χ4n) is 1.83. The Bertz CT molecular complexity index is 690. The highest BCUT2D eigenvalue weighted by Gasteiger charge is 2.03. The van der Waals surface area contributed by atoms with Gasteiger partial charge in [0, 0.05) is 29.8 Å². The molecular weight excluding hydrogens is 266 g/mol. The molecule has 0 saturated carbocycles. The lowest BCUT2D eigenvalue weighted by Crippen LogP contribution is -2.05. The van der Waals surface area contributed by atoms with Gasteiger partial charge in [0.05, 0.1) is 0 Å². The quantitative estimate of drug-likeness (QED) is 0.668. The average molecular weight is 281 g/mol. The highest BCUT2D eigenvalue weighted by Crippen LogP contribution is 2.23. The molecule has 2 aromatic rings. The van der Waals surface area contributed by atoms with Gasteiger partial charge in [-0.1, -0.05) is 30.3 Å². The predicted octanol–water partition coefficient (Wildman–Crippen LogP) is 3.25. The summed E-state index contributed by atoms with van der Waals surface area (Å²) in [6.45, 7) is 1.39. The van der Waals surface area contributed by atoms with Gasteiger partial charge in [0.1, 0.15) is 5.75 Å². The van der Waals surface area contributed by atoms with Crippen molar-refractivity contribution >= 4 is 23.5 Å². The Hall–Kier alpha value is -2.88. The van der Waals surface area contributed by atoms with Crippen molar-refractivity contribution in [3.8, 4) is 5.75 Å². The summed E-state index contributed by atoms with van der Waals surface area (Å²) in [6.07, 6.45) is 2.95. The first kappa shape index (κ1) is 14.5. The largest absolute Gasteiger partial charge is 0.507 e. The standard InChI is InChI=1S/C17H15NO3/c1-12(19)18-15-9-7-14(17(21)11-15)8-10-16(20)13-5-3-2-4-6-13/h2-11,21H,1H3,(H,18,19). The second kappa shape index (κ2) is 6.52. The van der Waals surface area contributed by atoms with Crippen molar-refractivity contribution in [2.24, 2.45) is 0 Å². The Labute approximate surface area is 122 Å². The van der Waals surface area contributed by atoms with E-state index in [1.165, 1.54) is 19.1 Å². The van der Waals surface area contributed by atoms with Gasteiger partial charge in [-0.2, -0.15) is 0 Å². The molecule has 4 nitrogen and oxygen atoms in total. The van der Waals surface area contributed by atoms with Gasteiger partial charge in [-0.05, 0) is 24.3 Å². The number of anilines is 1. The second-order valence-corrected chi connectivity index (χ2v) is 4.52. The van der Waals surface area contributed by atoms with Gasteiger partial charge >= 0.3 is 0 Å². The lowest BCUT2D eigenvalue weighted by Gasteiger charge is -2.04. The Kier molecular flexibility index (Phi) is 4.51. The second-order valence-electron chi connectivity index (χ2n) is 4.52. The van der Waals surface area contributed by atoms with Crippen molar-refractivity contribution in [2.45, 2.75) is 6.92 Å². The third kappa shape index (κ3) is 4.04. The van der Waals surface area contributed by atoms with Crippen LogP contribution in [-0.4, -0.2) is 16.8 Å². The summed E-state index contributed by atoms with van der Waals surface area (Å²) in [7, 11) is 0. The molecule has 21 heavy (non-hydrogen) atoms. The van der Waals surface area contributed by atoms with Crippen LogP contribution in [-0.2, 0) is 4.79 Å². The minimum Gasteiger partial charge on any atom is -0.507 e. The number of carbonyl (C=O) groups excluding carboxylic acids is 2. The normalized spacial score (nSPS) is 10.5. The third-order valence-electron chi connectivity index (χ3n) is 2.82. The van der Waals surface area contributed by atoms with E-state index in [1.807, 2.05) is 6.07 Å². The van der Waals surface area contributed by atoms with E-state index in [4.69, 9.17) is 0 Å². The molecule has 0 saturated heterocycles. The minimum absolute atomic E-state index is 0.00152. The van der Waals surface area contributed by atoms with Crippen molar-refractivity contribution in [1.82, 2.24) is 0 Å². The number of phenolic OH excluding ortho intramolecular Hbond substituents is 1. The number of allylic oxidation sites excluding steroid dienone is 1. The van der Waals surface area contributed by atoms with Gasteiger partial charge in [0.15, 0.2) is 5.78 Å². The third-order valence-corrected chi connectivity index (χ3v) is 2.82. The molecular formula is C17H15NO3. The van der Waals surface area contributed by atoms with Gasteiger partial charge in [-0.3, -0.25) is 9.59 Å². The Morgan fingerprint density at radius 2 is 1.81 bits per heavy atom. The molecule has 0 unspecified atom stereocenters. The van der Waals surface area contributed by atoms with E-state index in [0.29, 0.717) is 16.8 Å². The summed E-state index contributed by atoms with van der Waals surface area (Å²) in [5.41, 5.74) is 1.60. The number of aromatic hydroxyl groups is 1. The maximum absolute atomic E-state index is 11.9. The van der Waals surface area contributed by atoms with Gasteiger partial charge in [-0.25, -0.2) is 0 Å². The average Bonchev–Trinajstić information content (AvgIpc) is 2.46. The van der Waals surface area contributed by atoms with Crippen LogP contribution in [0.15, 0.2) is 54.6 Å². The Morgan fingerprint density at radius 1 is 1.10 bits per heavy atom. The van der Waals surface area contributed by atoms with Crippen LogP contribution in [0.2, 0.25) is 0 Å². The summed E-state index contributed by atoms with van der Waals surface area (Å²) < 4.78 is 0. The monoisotopic (exact) mass is 281 g/mol. The summed E-state index contributed by atoms with van der Waals surface area (Å²) in [5.74, 6) is -0.351. The van der Waals surface area contributed by atoms with Crippen LogP contribution in [0.1, 0.15) is 22.8 Å². The molecule has 0 radical (unpaired) electrons. The first-order valence-corrected chi connectivity index (χ1v) is 6.44. The van der Waals surface area contributed by atoms with Crippen LogP contribution in [0.25, 0.3) is 6.08 Å². The summed E-state index contributed by atoms with van der Waals surface area (Å²) in [5, 5.41) is 12.4. The zero-order valence-corrected chi connectivity index (χ0v) is 11.5. The number of hydrogen-bond donors (Lipinski definition) is 2. The van der Waals surface area contributed by atoms with Crippen LogP contribution >= 0.6 is 0 Å². The van der Waals surface area contributed by atoms with Crippen molar-refractivity contribution in [2.75, 3.05) is 5.32 Å². The summed E-state index contributed by atoms with van der Waals surface area (Å²) in [4.78, 5) is 22.8. The van der Waals surface area contributed by atoms with Gasteiger partial charge in [0.2, 0.25) is 5.91 Å². The molecule has 0 aliphatic heterocycles. The van der Waals surface area contributed by atoms with Gasteiger partial charge in [-0.15, -0.1) is 0 Å². The molecule has 0 aliphatic carbocycles. The molecule has 0 bridgehead atoms. The van der Waals surface area contributed by atoms with Crippen molar-refractivity contribution < 1.29 is 14.7 Å². The molecule has 2 N–H and O–H groups in total. The number of carbonyl (C=O) groups is 2. The fraction of sp³-hybridized carbons (Fsp3) is 0.0588. The molecule has 0 heterocycles. The van der Waals surface area contributed by atoms with Crippen molar-refractivity contribution in [1.29, 1.82) is 0 Å². The first-order chi connectivity index (χ1) is 10.1. The topological polar surface area (TPSA) is 66.4 Å². The molecule has 2 rings (SSSR count). The fourth-order valence-corrected chi connectivity index (χ4v) is 1.83. The molecule has 4 heteroatoms. The lowest BCUT2D eigenvalue weighted by molar-refractivity contribution is -0.114. The van der Waals surface area contributed by atoms with E-state index in [9.17, 15) is 14.7 Å². The number of phenols is 1. The molecule has 0 fully saturated rings. The van der Waals surface area contributed by atoms with E-state index in [2.05, 4.69) is 5.32 Å². The highest BCUT2D eigenvalue weighted by atomic mass is 16.3. The molecule has 106 valence electrons. The number of ketones is 1. The maximum atomic E-state index is 11.9. The van der Waals surface area contributed by atoms with Crippen molar-refractivity contribution in [3.05, 3.63) is 65.7 Å². The van der Waals surface area contributed by atoms with Crippen LogP contribution in [0, 0.1) is 0 Å². The van der Waals surface area contributed by atoms with Crippen LogP contribution < -0.4 is 5.32 Å². The van der Waals surface area contributed by atoms with Gasteiger partial charge in [0.25, 0.3) is 0 Å². The smallest absolute Gasteiger partial charge is 0.221 e. The molecule has 1 amide bonds.